The van der Waals surface area contributed by atoms with Gasteiger partial charge in [0.2, 0.25) is 11.7 Å². The van der Waals surface area contributed by atoms with Crippen LogP contribution in [0.4, 0.5) is 0 Å². The molecule has 0 spiro atoms. The highest BCUT2D eigenvalue weighted by Gasteiger charge is 2.28. The van der Waals surface area contributed by atoms with E-state index in [0.29, 0.717) is 44.6 Å². The molecule has 1 aliphatic heterocycles. The maximum atomic E-state index is 13.3. The quantitative estimate of drug-likeness (QED) is 0.396. The molecule has 1 amide bonds. The normalized spacial score (nSPS) is 16.7. The van der Waals surface area contributed by atoms with Crippen molar-refractivity contribution in [3.05, 3.63) is 62.8 Å². The second kappa shape index (κ2) is 9.71. The Labute approximate surface area is 205 Å². The molecule has 1 fully saturated rings. The molecule has 2 atom stereocenters. The lowest BCUT2D eigenvalue weighted by atomic mass is 10.0. The van der Waals surface area contributed by atoms with E-state index in [9.17, 15) is 9.59 Å². The van der Waals surface area contributed by atoms with Gasteiger partial charge in [-0.3, -0.25) is 9.59 Å². The Morgan fingerprint density at radius 2 is 2.06 bits per heavy atom. The molecule has 0 radical (unpaired) electrons. The van der Waals surface area contributed by atoms with Crippen molar-refractivity contribution in [2.24, 2.45) is 5.92 Å². The van der Waals surface area contributed by atoms with E-state index in [2.05, 4.69) is 25.4 Å². The maximum absolute atomic E-state index is 13.3. The highest BCUT2D eigenvalue weighted by atomic mass is 32.1. The fraction of sp³-hybridized carbons (Fsp3) is 0.400. The topological polar surface area (TPSA) is 123 Å². The van der Waals surface area contributed by atoms with Crippen LogP contribution in [0, 0.1) is 12.8 Å². The molecule has 3 aromatic heterocycles. The largest absolute Gasteiger partial charge is 0.378 e. The van der Waals surface area contributed by atoms with Crippen LogP contribution in [-0.4, -0.2) is 38.7 Å². The van der Waals surface area contributed by atoms with Gasteiger partial charge in [-0.05, 0) is 31.2 Å². The van der Waals surface area contributed by atoms with Gasteiger partial charge < -0.3 is 19.6 Å². The summed E-state index contributed by atoms with van der Waals surface area (Å²) in [6.07, 6.45) is 2.60. The third kappa shape index (κ3) is 4.76. The molecule has 0 bridgehead atoms. The predicted molar refractivity (Wildman–Crippen MR) is 132 cm³/mol. The first-order valence-electron chi connectivity index (χ1n) is 11.7. The van der Waals surface area contributed by atoms with Gasteiger partial charge in [0.1, 0.15) is 16.7 Å². The number of aromatic amines is 1. The number of H-pyrrole nitrogens is 1. The summed E-state index contributed by atoms with van der Waals surface area (Å²) in [4.78, 5) is 39.2. The summed E-state index contributed by atoms with van der Waals surface area (Å²) < 4.78 is 11.2. The number of nitrogens with zero attached hydrogens (tertiary/aromatic N) is 3. The van der Waals surface area contributed by atoms with Crippen LogP contribution in [-0.2, 0) is 11.2 Å². The number of aryl methyl sites for hydroxylation is 1. The van der Waals surface area contributed by atoms with Crippen LogP contribution in [0.5, 0.6) is 0 Å². The molecule has 182 valence electrons. The second-order valence-corrected chi connectivity index (χ2v) is 10.1. The molecule has 35 heavy (non-hydrogen) atoms. The minimum Gasteiger partial charge on any atom is -0.378 e. The summed E-state index contributed by atoms with van der Waals surface area (Å²) in [7, 11) is 0. The van der Waals surface area contributed by atoms with Gasteiger partial charge in [0, 0.05) is 18.6 Å². The smallest absolute Gasteiger partial charge is 0.262 e. The van der Waals surface area contributed by atoms with E-state index < -0.39 is 6.04 Å². The van der Waals surface area contributed by atoms with E-state index >= 15 is 0 Å². The SMILES string of the molecule is Cc1c(C(=O)NC(c2nc(-c3ccccc3)no2)C(C)C)sc2nc(CC3CCCO3)[nH]c(=O)c12. The summed E-state index contributed by atoms with van der Waals surface area (Å²) in [5, 5.41) is 7.55. The first-order valence-corrected chi connectivity index (χ1v) is 12.6. The van der Waals surface area contributed by atoms with Gasteiger partial charge >= 0.3 is 0 Å². The first-order chi connectivity index (χ1) is 16.9. The average Bonchev–Trinajstić information content (AvgIpc) is 3.59. The van der Waals surface area contributed by atoms with Gasteiger partial charge in [-0.25, -0.2) is 4.98 Å². The number of carbonyl (C=O) groups is 1. The van der Waals surface area contributed by atoms with Gasteiger partial charge in [0.05, 0.1) is 16.4 Å². The fourth-order valence-corrected chi connectivity index (χ4v) is 5.41. The average molecular weight is 494 g/mol. The summed E-state index contributed by atoms with van der Waals surface area (Å²) in [5.41, 5.74) is 1.21. The molecule has 2 unspecified atom stereocenters. The number of nitrogens with one attached hydrogen (secondary N) is 2. The number of aromatic nitrogens is 4. The standard InChI is InChI=1S/C25H27N5O4S/c1-13(2)19(24-29-21(30-34-24)15-8-5-4-6-9-15)28-23(32)20-14(3)18-22(31)26-17(27-25(18)35-20)12-16-10-7-11-33-16/h4-6,8-9,13,16,19H,7,10-12H2,1-3H3,(H,28,32)(H,26,27,31). The van der Waals surface area contributed by atoms with Gasteiger partial charge in [0.15, 0.2) is 0 Å². The third-order valence-corrected chi connectivity index (χ3v) is 7.38. The van der Waals surface area contributed by atoms with Crippen molar-refractivity contribution in [3.8, 4) is 11.4 Å². The van der Waals surface area contributed by atoms with E-state index in [1.54, 1.807) is 6.92 Å². The van der Waals surface area contributed by atoms with Crippen molar-refractivity contribution in [1.82, 2.24) is 25.4 Å². The van der Waals surface area contributed by atoms with E-state index in [-0.39, 0.29) is 23.5 Å². The van der Waals surface area contributed by atoms with Crippen LogP contribution >= 0.6 is 11.3 Å². The molecular weight excluding hydrogens is 466 g/mol. The second-order valence-electron chi connectivity index (χ2n) is 9.11. The minimum atomic E-state index is -0.488. The highest BCUT2D eigenvalue weighted by Crippen LogP contribution is 2.29. The highest BCUT2D eigenvalue weighted by molar-refractivity contribution is 7.20. The van der Waals surface area contributed by atoms with E-state index in [1.165, 1.54) is 11.3 Å². The zero-order chi connectivity index (χ0) is 24.5. The maximum Gasteiger partial charge on any atom is 0.262 e. The van der Waals surface area contributed by atoms with E-state index in [0.717, 1.165) is 25.0 Å². The molecule has 0 aliphatic carbocycles. The number of ether oxygens (including phenoxy) is 1. The molecule has 1 aliphatic rings. The van der Waals surface area contributed by atoms with Crippen LogP contribution in [0.3, 0.4) is 0 Å². The molecular formula is C25H27N5O4S. The number of rotatable bonds is 7. The Balaban J connectivity index is 1.40. The van der Waals surface area contributed by atoms with Crippen molar-refractivity contribution < 1.29 is 14.1 Å². The van der Waals surface area contributed by atoms with Gasteiger partial charge in [-0.15, -0.1) is 11.3 Å². The van der Waals surface area contributed by atoms with E-state index in [4.69, 9.17) is 9.26 Å². The number of benzene rings is 1. The zero-order valence-electron chi connectivity index (χ0n) is 19.8. The predicted octanol–water partition coefficient (Wildman–Crippen LogP) is 4.19. The van der Waals surface area contributed by atoms with Crippen molar-refractivity contribution >= 4 is 27.5 Å². The summed E-state index contributed by atoms with van der Waals surface area (Å²) in [6.45, 7) is 6.45. The summed E-state index contributed by atoms with van der Waals surface area (Å²) in [6, 6.07) is 9.03. The Hall–Kier alpha value is -3.37. The lowest BCUT2D eigenvalue weighted by Gasteiger charge is -2.18. The molecule has 9 nitrogen and oxygen atoms in total. The van der Waals surface area contributed by atoms with Crippen LogP contribution in [0.25, 0.3) is 21.6 Å². The Kier molecular flexibility index (Phi) is 6.48. The minimum absolute atomic E-state index is 0.00255. The number of fused-ring (bicyclic) bond motifs is 1. The monoisotopic (exact) mass is 493 g/mol. The van der Waals surface area contributed by atoms with Gasteiger partial charge in [-0.2, -0.15) is 4.98 Å². The van der Waals surface area contributed by atoms with Crippen molar-refractivity contribution in [2.75, 3.05) is 6.61 Å². The van der Waals surface area contributed by atoms with Gasteiger partial charge in [-0.1, -0.05) is 49.3 Å². The number of thiophene rings is 1. The number of amides is 1. The van der Waals surface area contributed by atoms with Crippen LogP contribution in [0.2, 0.25) is 0 Å². The molecule has 4 heterocycles. The third-order valence-electron chi connectivity index (χ3n) is 6.19. The number of hydrogen-bond donors (Lipinski definition) is 2. The first kappa shape index (κ1) is 23.4. The lowest BCUT2D eigenvalue weighted by molar-refractivity contribution is 0.0917. The van der Waals surface area contributed by atoms with Crippen molar-refractivity contribution in [3.63, 3.8) is 0 Å². The van der Waals surface area contributed by atoms with Crippen molar-refractivity contribution in [2.45, 2.75) is 52.2 Å². The summed E-state index contributed by atoms with van der Waals surface area (Å²) >= 11 is 1.22. The number of carbonyl (C=O) groups excluding carboxylic acids is 1. The molecule has 1 aromatic carbocycles. The Morgan fingerprint density at radius 3 is 2.77 bits per heavy atom. The van der Waals surface area contributed by atoms with E-state index in [1.807, 2.05) is 44.2 Å². The Morgan fingerprint density at radius 1 is 1.26 bits per heavy atom. The van der Waals surface area contributed by atoms with Crippen molar-refractivity contribution in [1.29, 1.82) is 0 Å². The van der Waals surface area contributed by atoms with Crippen LogP contribution in [0.15, 0.2) is 39.6 Å². The molecule has 1 saturated heterocycles. The molecule has 0 saturated carbocycles. The van der Waals surface area contributed by atoms with Gasteiger partial charge in [0.25, 0.3) is 11.5 Å². The van der Waals surface area contributed by atoms with Crippen LogP contribution in [0.1, 0.15) is 59.7 Å². The molecule has 2 N–H and O–H groups in total. The van der Waals surface area contributed by atoms with Crippen LogP contribution < -0.4 is 10.9 Å². The zero-order valence-corrected chi connectivity index (χ0v) is 20.6. The molecule has 10 heteroatoms. The lowest BCUT2D eigenvalue weighted by Crippen LogP contribution is -2.32. The summed E-state index contributed by atoms with van der Waals surface area (Å²) in [5.74, 6) is 1.08. The Bertz CT molecular complexity index is 1400. The molecule has 4 aromatic rings. The number of hydrogen-bond acceptors (Lipinski definition) is 8. The fourth-order valence-electron chi connectivity index (χ4n) is 4.31. The molecule has 5 rings (SSSR count).